The van der Waals surface area contributed by atoms with E-state index in [-0.39, 0.29) is 10.8 Å². The lowest BCUT2D eigenvalue weighted by molar-refractivity contribution is 0.126. The van der Waals surface area contributed by atoms with E-state index in [0.29, 0.717) is 11.8 Å². The third-order valence-electron chi connectivity index (χ3n) is 8.62. The van der Waals surface area contributed by atoms with Gasteiger partial charge in [0.1, 0.15) is 8.67 Å². The summed E-state index contributed by atoms with van der Waals surface area (Å²) in [6, 6.07) is 0. The van der Waals surface area contributed by atoms with Gasteiger partial charge in [-0.15, -0.1) is 46.4 Å². The van der Waals surface area contributed by atoms with Crippen molar-refractivity contribution in [3.05, 3.63) is 0 Å². The Labute approximate surface area is 181 Å². The van der Waals surface area contributed by atoms with E-state index in [0.717, 1.165) is 36.5 Å². The molecule has 0 nitrogen and oxygen atoms in total. The van der Waals surface area contributed by atoms with Gasteiger partial charge in [0.25, 0.3) is 0 Å². The molecule has 0 radical (unpaired) electrons. The standard InChI is InChI=1S/C22H36Cl4/c1-13(2)16-8-7-14(3)11-15(16)12-18-20(6,22(18,25)26)10-9-17-19(4,5)21(17,23)24/h13-18H,7-12H2,1-6H3. The molecular weight excluding hydrogens is 406 g/mol. The van der Waals surface area contributed by atoms with Crippen LogP contribution in [-0.4, -0.2) is 8.67 Å². The van der Waals surface area contributed by atoms with Gasteiger partial charge in [0, 0.05) is 22.7 Å². The molecule has 3 saturated carbocycles. The van der Waals surface area contributed by atoms with Crippen LogP contribution in [0.2, 0.25) is 0 Å². The normalized spacial score (nSPS) is 45.6. The third-order valence-corrected chi connectivity index (χ3v) is 11.5. The lowest BCUT2D eigenvalue weighted by atomic mass is 9.68. The van der Waals surface area contributed by atoms with E-state index in [4.69, 9.17) is 46.4 Å². The second kappa shape index (κ2) is 6.85. The average Bonchev–Trinajstić information content (AvgIpc) is 3.10. The van der Waals surface area contributed by atoms with Gasteiger partial charge < -0.3 is 0 Å². The zero-order valence-corrected chi connectivity index (χ0v) is 20.2. The van der Waals surface area contributed by atoms with Crippen LogP contribution in [0, 0.1) is 46.3 Å². The molecule has 6 unspecified atom stereocenters. The number of alkyl halides is 4. The van der Waals surface area contributed by atoms with Crippen LogP contribution in [0.5, 0.6) is 0 Å². The molecule has 0 amide bonds. The summed E-state index contributed by atoms with van der Waals surface area (Å²) >= 11 is 26.6. The minimum absolute atomic E-state index is 0.000314. The van der Waals surface area contributed by atoms with Crippen LogP contribution in [0.1, 0.15) is 80.1 Å². The lowest BCUT2D eigenvalue weighted by Gasteiger charge is -2.38. The van der Waals surface area contributed by atoms with Crippen LogP contribution in [0.15, 0.2) is 0 Å². The summed E-state index contributed by atoms with van der Waals surface area (Å²) in [7, 11) is 0. The van der Waals surface area contributed by atoms with E-state index in [2.05, 4.69) is 41.5 Å². The first-order valence-electron chi connectivity index (χ1n) is 10.5. The smallest absolute Gasteiger partial charge is 0.101 e. The van der Waals surface area contributed by atoms with Crippen molar-refractivity contribution in [3.63, 3.8) is 0 Å². The predicted molar refractivity (Wildman–Crippen MR) is 116 cm³/mol. The number of halogens is 4. The zero-order valence-electron chi connectivity index (χ0n) is 17.2. The van der Waals surface area contributed by atoms with Crippen LogP contribution in [-0.2, 0) is 0 Å². The fourth-order valence-electron chi connectivity index (χ4n) is 6.14. The van der Waals surface area contributed by atoms with Crippen LogP contribution in [0.3, 0.4) is 0 Å². The highest BCUT2D eigenvalue weighted by Crippen LogP contribution is 2.76. The molecule has 0 saturated heterocycles. The maximum atomic E-state index is 6.84. The van der Waals surface area contributed by atoms with Gasteiger partial charge in [0.2, 0.25) is 0 Å². The summed E-state index contributed by atoms with van der Waals surface area (Å²) in [5.41, 5.74) is 0.000533. The molecule has 0 heterocycles. The summed E-state index contributed by atoms with van der Waals surface area (Å²) in [6.07, 6.45) is 7.29. The Bertz CT molecular complexity index is 524. The Morgan fingerprint density at radius 2 is 1.50 bits per heavy atom. The Morgan fingerprint density at radius 3 is 2.00 bits per heavy atom. The molecule has 3 fully saturated rings. The quantitative estimate of drug-likeness (QED) is 0.362. The second-order valence-electron chi connectivity index (χ2n) is 10.9. The monoisotopic (exact) mass is 440 g/mol. The van der Waals surface area contributed by atoms with E-state index in [1.807, 2.05) is 0 Å². The molecule has 0 aliphatic heterocycles. The minimum atomic E-state index is -0.588. The Kier molecular flexibility index (Phi) is 5.76. The molecule has 0 spiro atoms. The van der Waals surface area contributed by atoms with Crippen LogP contribution >= 0.6 is 46.4 Å². The van der Waals surface area contributed by atoms with Gasteiger partial charge in [0.15, 0.2) is 0 Å². The molecule has 3 aliphatic rings. The van der Waals surface area contributed by atoms with E-state index in [1.54, 1.807) is 0 Å². The third kappa shape index (κ3) is 3.36. The topological polar surface area (TPSA) is 0 Å². The molecular formula is C22H36Cl4. The SMILES string of the molecule is CC1CCC(C(C)C)C(CC2C(Cl)(Cl)C2(C)CCC2C(C)(C)C2(Cl)Cl)C1. The van der Waals surface area contributed by atoms with Crippen molar-refractivity contribution in [2.75, 3.05) is 0 Å². The van der Waals surface area contributed by atoms with Crippen molar-refractivity contribution in [3.8, 4) is 0 Å². The summed E-state index contributed by atoms with van der Waals surface area (Å²) in [4.78, 5) is 0. The summed E-state index contributed by atoms with van der Waals surface area (Å²) in [6.45, 7) is 13.8. The molecule has 0 bridgehead atoms. The predicted octanol–water partition coefficient (Wildman–Crippen LogP) is 8.51. The van der Waals surface area contributed by atoms with Gasteiger partial charge in [0.05, 0.1) is 0 Å². The van der Waals surface area contributed by atoms with Crippen molar-refractivity contribution in [1.82, 2.24) is 0 Å². The average molecular weight is 442 g/mol. The maximum Gasteiger partial charge on any atom is 0.127 e. The van der Waals surface area contributed by atoms with Gasteiger partial charge >= 0.3 is 0 Å². The number of hydrogen-bond donors (Lipinski definition) is 0. The van der Waals surface area contributed by atoms with Crippen LogP contribution < -0.4 is 0 Å². The molecule has 0 aromatic heterocycles. The molecule has 4 heteroatoms. The zero-order chi connectivity index (χ0) is 19.7. The number of rotatable bonds is 6. The highest BCUT2D eigenvalue weighted by atomic mass is 35.5. The second-order valence-corrected chi connectivity index (χ2v) is 13.6. The molecule has 26 heavy (non-hydrogen) atoms. The Balaban J connectivity index is 1.63. The first-order valence-corrected chi connectivity index (χ1v) is 12.0. The molecule has 0 aromatic carbocycles. The Hall–Kier alpha value is 1.16. The van der Waals surface area contributed by atoms with Crippen LogP contribution in [0.25, 0.3) is 0 Å². The molecule has 152 valence electrons. The fraction of sp³-hybridized carbons (Fsp3) is 1.00. The summed E-state index contributed by atoms with van der Waals surface area (Å²) < 4.78 is -1.17. The van der Waals surface area contributed by atoms with Crippen molar-refractivity contribution in [2.45, 2.75) is 88.7 Å². The Morgan fingerprint density at radius 1 is 0.923 bits per heavy atom. The van der Waals surface area contributed by atoms with Gasteiger partial charge in [-0.25, -0.2) is 0 Å². The van der Waals surface area contributed by atoms with Crippen molar-refractivity contribution < 1.29 is 0 Å². The van der Waals surface area contributed by atoms with E-state index < -0.39 is 8.67 Å². The van der Waals surface area contributed by atoms with E-state index >= 15 is 0 Å². The molecule has 6 atom stereocenters. The van der Waals surface area contributed by atoms with Gasteiger partial charge in [-0.1, -0.05) is 48.0 Å². The van der Waals surface area contributed by atoms with Gasteiger partial charge in [-0.3, -0.25) is 0 Å². The lowest BCUT2D eigenvalue weighted by Crippen LogP contribution is -2.28. The summed E-state index contributed by atoms with van der Waals surface area (Å²) in [5, 5.41) is 0. The van der Waals surface area contributed by atoms with E-state index in [9.17, 15) is 0 Å². The van der Waals surface area contributed by atoms with Crippen molar-refractivity contribution >= 4 is 46.4 Å². The highest BCUT2D eigenvalue weighted by molar-refractivity contribution is 6.52. The first-order chi connectivity index (χ1) is 11.8. The van der Waals surface area contributed by atoms with Crippen molar-refractivity contribution in [2.24, 2.45) is 46.3 Å². The largest absolute Gasteiger partial charge is 0.127 e. The van der Waals surface area contributed by atoms with Gasteiger partial charge in [-0.05, 0) is 55.8 Å². The minimum Gasteiger partial charge on any atom is -0.101 e. The maximum absolute atomic E-state index is 6.84. The summed E-state index contributed by atoms with van der Waals surface area (Å²) in [5.74, 6) is 3.91. The van der Waals surface area contributed by atoms with Gasteiger partial charge in [-0.2, -0.15) is 0 Å². The van der Waals surface area contributed by atoms with Crippen molar-refractivity contribution in [1.29, 1.82) is 0 Å². The first kappa shape index (κ1) is 21.9. The molecule has 3 rings (SSSR count). The van der Waals surface area contributed by atoms with E-state index in [1.165, 1.54) is 25.7 Å². The van der Waals surface area contributed by atoms with Crippen LogP contribution in [0.4, 0.5) is 0 Å². The molecule has 0 aromatic rings. The molecule has 3 aliphatic carbocycles. The highest BCUT2D eigenvalue weighted by Gasteiger charge is 2.74. The fourth-order valence-corrected chi connectivity index (χ4v) is 8.06. The molecule has 0 N–H and O–H groups in total. The number of hydrogen-bond acceptors (Lipinski definition) is 0.